The van der Waals surface area contributed by atoms with Gasteiger partial charge in [0.15, 0.2) is 5.03 Å². The van der Waals surface area contributed by atoms with Gasteiger partial charge in [-0.2, -0.15) is 0 Å². The van der Waals surface area contributed by atoms with E-state index in [0.717, 1.165) is 5.56 Å². The average molecular weight is 416 g/mol. The number of nitrogens with one attached hydrogen (secondary N) is 1. The first-order valence-corrected chi connectivity index (χ1v) is 9.20. The zero-order valence-electron chi connectivity index (χ0n) is 15.7. The number of aryl methyl sites for hydroxylation is 1. The molecule has 1 heterocycles. The van der Waals surface area contributed by atoms with E-state index in [4.69, 9.17) is 25.8 Å². The van der Waals surface area contributed by atoms with Crippen molar-refractivity contribution in [3.63, 3.8) is 0 Å². The molecule has 0 bridgehead atoms. The molecule has 3 rings (SSSR count). The van der Waals surface area contributed by atoms with Crippen LogP contribution in [0.5, 0.6) is 0 Å². The van der Waals surface area contributed by atoms with Gasteiger partial charge in [-0.15, -0.1) is 0 Å². The van der Waals surface area contributed by atoms with Gasteiger partial charge >= 0.3 is 17.9 Å². The summed E-state index contributed by atoms with van der Waals surface area (Å²) in [6.45, 7) is 3.76. The molecule has 2 aromatic carbocycles. The van der Waals surface area contributed by atoms with Gasteiger partial charge in [0, 0.05) is 5.69 Å². The fourth-order valence-electron chi connectivity index (χ4n) is 2.64. The Hall–Kier alpha value is -3.32. The predicted octanol–water partition coefficient (Wildman–Crippen LogP) is 3.77. The first kappa shape index (κ1) is 20.4. The number of carbonyl (C=O) groups is 3. The van der Waals surface area contributed by atoms with Crippen LogP contribution in [0.15, 0.2) is 59.3 Å². The molecule has 0 amide bonds. The summed E-state index contributed by atoms with van der Waals surface area (Å²) in [5.41, 5.74) is 2.06. The molecule has 1 aliphatic heterocycles. The molecule has 2 aromatic rings. The van der Waals surface area contributed by atoms with E-state index < -0.39 is 24.2 Å². The highest BCUT2D eigenvalue weighted by atomic mass is 35.5. The topological polar surface area (TPSA) is 90.9 Å². The second-order valence-electron chi connectivity index (χ2n) is 6.11. The highest BCUT2D eigenvalue weighted by molar-refractivity contribution is 6.42. The summed E-state index contributed by atoms with van der Waals surface area (Å²) in [5, 5.41) is 2.69. The minimum atomic E-state index is -1.31. The lowest BCUT2D eigenvalue weighted by molar-refractivity contribution is -0.152. The number of hydrogen-bond acceptors (Lipinski definition) is 7. The van der Waals surface area contributed by atoms with Crippen molar-refractivity contribution in [1.29, 1.82) is 0 Å². The van der Waals surface area contributed by atoms with Gasteiger partial charge in [0.1, 0.15) is 5.70 Å². The molecule has 0 unspecified atom stereocenters. The van der Waals surface area contributed by atoms with Crippen LogP contribution in [0.2, 0.25) is 0 Å². The Balaban J connectivity index is 1.76. The lowest BCUT2D eigenvalue weighted by Gasteiger charge is -2.17. The molecule has 1 aliphatic rings. The van der Waals surface area contributed by atoms with Crippen LogP contribution in [0.4, 0.5) is 5.69 Å². The summed E-state index contributed by atoms with van der Waals surface area (Å²) in [7, 11) is 0. The summed E-state index contributed by atoms with van der Waals surface area (Å²) >= 11 is 6.03. The van der Waals surface area contributed by atoms with E-state index in [1.54, 1.807) is 62.4 Å². The van der Waals surface area contributed by atoms with Crippen LogP contribution in [0, 0.1) is 6.92 Å². The monoisotopic (exact) mass is 415 g/mol. The number of halogens is 1. The molecule has 1 atom stereocenters. The molecule has 8 heteroatoms. The standard InChI is InChI=1S/C21H18ClNO6/c1-3-27-18(24)13-8-10-14(11-9-13)23-17-16(22)20(26)29-21(17)28-19(25)15-7-5-4-6-12(15)2/h4-11,21,23H,3H2,1-2H3/t21-/m1/s1. The van der Waals surface area contributed by atoms with Crippen molar-refractivity contribution in [3.8, 4) is 0 Å². The van der Waals surface area contributed by atoms with Crippen LogP contribution in [-0.2, 0) is 19.0 Å². The van der Waals surface area contributed by atoms with E-state index in [2.05, 4.69) is 5.32 Å². The molecule has 0 aromatic heterocycles. The third-order valence-electron chi connectivity index (χ3n) is 4.12. The van der Waals surface area contributed by atoms with E-state index in [9.17, 15) is 14.4 Å². The van der Waals surface area contributed by atoms with E-state index in [0.29, 0.717) is 16.8 Å². The van der Waals surface area contributed by atoms with Crippen molar-refractivity contribution in [2.24, 2.45) is 0 Å². The summed E-state index contributed by atoms with van der Waals surface area (Å²) in [6, 6.07) is 13.2. The Bertz CT molecular complexity index is 983. The Labute approximate surface area is 172 Å². The number of ether oxygens (including phenoxy) is 3. The van der Waals surface area contributed by atoms with Gasteiger partial charge in [-0.3, -0.25) is 0 Å². The maximum Gasteiger partial charge on any atom is 0.355 e. The Kier molecular flexibility index (Phi) is 6.19. The predicted molar refractivity (Wildman–Crippen MR) is 105 cm³/mol. The Morgan fingerprint density at radius 3 is 2.45 bits per heavy atom. The van der Waals surface area contributed by atoms with Crippen molar-refractivity contribution in [1.82, 2.24) is 0 Å². The third-order valence-corrected chi connectivity index (χ3v) is 4.48. The molecule has 0 spiro atoms. The largest absolute Gasteiger partial charge is 0.462 e. The molecule has 0 radical (unpaired) electrons. The number of esters is 3. The fraction of sp³-hybridized carbons (Fsp3) is 0.190. The minimum Gasteiger partial charge on any atom is -0.462 e. The lowest BCUT2D eigenvalue weighted by atomic mass is 10.1. The van der Waals surface area contributed by atoms with Gasteiger partial charge in [0.05, 0.1) is 17.7 Å². The second kappa shape index (κ2) is 8.79. The van der Waals surface area contributed by atoms with Crippen LogP contribution < -0.4 is 5.32 Å². The minimum absolute atomic E-state index is 0.0995. The van der Waals surface area contributed by atoms with Crippen LogP contribution in [0.3, 0.4) is 0 Å². The Morgan fingerprint density at radius 2 is 1.79 bits per heavy atom. The van der Waals surface area contributed by atoms with Crippen molar-refractivity contribution >= 4 is 35.2 Å². The highest BCUT2D eigenvalue weighted by Gasteiger charge is 2.37. The summed E-state index contributed by atoms with van der Waals surface area (Å²) < 4.78 is 15.3. The van der Waals surface area contributed by atoms with Crippen molar-refractivity contribution < 1.29 is 28.6 Å². The quantitative estimate of drug-likeness (QED) is 0.718. The van der Waals surface area contributed by atoms with E-state index in [-0.39, 0.29) is 17.3 Å². The smallest absolute Gasteiger partial charge is 0.355 e. The van der Waals surface area contributed by atoms with Gasteiger partial charge in [-0.25, -0.2) is 14.4 Å². The van der Waals surface area contributed by atoms with Crippen LogP contribution in [-0.4, -0.2) is 30.8 Å². The van der Waals surface area contributed by atoms with Crippen LogP contribution >= 0.6 is 11.6 Å². The number of benzene rings is 2. The summed E-state index contributed by atoms with van der Waals surface area (Å²) in [4.78, 5) is 36.1. The van der Waals surface area contributed by atoms with Crippen molar-refractivity contribution in [3.05, 3.63) is 76.0 Å². The number of carbonyl (C=O) groups excluding carboxylic acids is 3. The van der Waals surface area contributed by atoms with Gasteiger partial charge in [0.2, 0.25) is 0 Å². The lowest BCUT2D eigenvalue weighted by Crippen LogP contribution is -2.24. The average Bonchev–Trinajstić information content (AvgIpc) is 2.96. The molecule has 1 N–H and O–H groups in total. The molecule has 0 fully saturated rings. The maximum absolute atomic E-state index is 12.5. The first-order chi connectivity index (χ1) is 13.9. The molecule has 29 heavy (non-hydrogen) atoms. The third kappa shape index (κ3) is 4.57. The van der Waals surface area contributed by atoms with Crippen molar-refractivity contribution in [2.45, 2.75) is 20.1 Å². The maximum atomic E-state index is 12.5. The van der Waals surface area contributed by atoms with Crippen LogP contribution in [0.1, 0.15) is 33.2 Å². The molecular weight excluding hydrogens is 398 g/mol. The van der Waals surface area contributed by atoms with E-state index in [1.165, 1.54) is 0 Å². The molecule has 0 aliphatic carbocycles. The zero-order chi connectivity index (χ0) is 21.0. The van der Waals surface area contributed by atoms with Gasteiger partial charge in [-0.1, -0.05) is 29.8 Å². The SMILES string of the molecule is CCOC(=O)c1ccc(NC2=C(Cl)C(=O)O[C@H]2OC(=O)c2ccccc2C)cc1. The van der Waals surface area contributed by atoms with Crippen molar-refractivity contribution in [2.75, 3.05) is 11.9 Å². The second-order valence-corrected chi connectivity index (χ2v) is 6.49. The Morgan fingerprint density at radius 1 is 1.10 bits per heavy atom. The molecular formula is C21H18ClNO6. The molecule has 7 nitrogen and oxygen atoms in total. The number of cyclic esters (lactones) is 1. The van der Waals surface area contributed by atoms with Gasteiger partial charge in [0.25, 0.3) is 6.29 Å². The zero-order valence-corrected chi connectivity index (χ0v) is 16.5. The first-order valence-electron chi connectivity index (χ1n) is 8.82. The summed E-state index contributed by atoms with van der Waals surface area (Å²) in [6.07, 6.45) is -1.31. The number of hydrogen-bond donors (Lipinski definition) is 1. The van der Waals surface area contributed by atoms with Crippen LogP contribution in [0.25, 0.3) is 0 Å². The van der Waals surface area contributed by atoms with E-state index in [1.807, 2.05) is 0 Å². The summed E-state index contributed by atoms with van der Waals surface area (Å²) in [5.74, 6) is -1.90. The number of anilines is 1. The number of rotatable bonds is 6. The normalized spacial score (nSPS) is 15.7. The molecule has 150 valence electrons. The fourth-order valence-corrected chi connectivity index (χ4v) is 2.82. The molecule has 0 saturated carbocycles. The van der Waals surface area contributed by atoms with E-state index >= 15 is 0 Å². The molecule has 0 saturated heterocycles. The van der Waals surface area contributed by atoms with Gasteiger partial charge < -0.3 is 19.5 Å². The highest BCUT2D eigenvalue weighted by Crippen LogP contribution is 2.29. The van der Waals surface area contributed by atoms with Gasteiger partial charge in [-0.05, 0) is 49.7 Å².